The van der Waals surface area contributed by atoms with Gasteiger partial charge in [-0.15, -0.1) is 0 Å². The molecule has 2 amide bonds. The molecule has 1 aromatic heterocycles. The highest BCUT2D eigenvalue weighted by molar-refractivity contribution is 5.96. The van der Waals surface area contributed by atoms with Crippen molar-refractivity contribution >= 4 is 45.7 Å². The second-order valence-electron chi connectivity index (χ2n) is 9.95. The molecular formula is C30H30N6O2. The van der Waals surface area contributed by atoms with E-state index >= 15 is 0 Å². The third-order valence-electron chi connectivity index (χ3n) is 7.21. The van der Waals surface area contributed by atoms with Crippen molar-refractivity contribution in [1.29, 1.82) is 0 Å². The Kier molecular flexibility index (Phi) is 6.37. The number of amides is 2. The second kappa shape index (κ2) is 10.1. The highest BCUT2D eigenvalue weighted by atomic mass is 16.2. The van der Waals surface area contributed by atoms with E-state index in [2.05, 4.69) is 38.7 Å². The van der Waals surface area contributed by atoms with E-state index in [1.807, 2.05) is 59.6 Å². The summed E-state index contributed by atoms with van der Waals surface area (Å²) in [6.45, 7) is 4.71. The van der Waals surface area contributed by atoms with Crippen molar-refractivity contribution in [2.75, 3.05) is 41.7 Å². The number of fused-ring (bicyclic) bond motifs is 1. The van der Waals surface area contributed by atoms with Crippen LogP contribution in [0.25, 0.3) is 22.0 Å². The van der Waals surface area contributed by atoms with Crippen molar-refractivity contribution in [3.8, 4) is 11.1 Å². The van der Waals surface area contributed by atoms with E-state index < -0.39 is 0 Å². The van der Waals surface area contributed by atoms with Crippen LogP contribution in [0.15, 0.2) is 72.9 Å². The lowest BCUT2D eigenvalue weighted by Crippen LogP contribution is -2.48. The summed E-state index contributed by atoms with van der Waals surface area (Å²) in [4.78, 5) is 37.3. The molecule has 1 aliphatic heterocycles. The fourth-order valence-corrected chi connectivity index (χ4v) is 4.86. The predicted octanol–water partition coefficient (Wildman–Crippen LogP) is 5.06. The molecule has 0 unspecified atom stereocenters. The van der Waals surface area contributed by atoms with Crippen LogP contribution in [0.1, 0.15) is 19.8 Å². The number of nitrogens with one attached hydrogen (secondary N) is 2. The van der Waals surface area contributed by atoms with Crippen LogP contribution in [0, 0.1) is 5.92 Å². The first-order chi connectivity index (χ1) is 18.5. The smallest absolute Gasteiger partial charge is 0.227 e. The number of hydrogen-bond acceptors (Lipinski definition) is 6. The number of piperazine rings is 1. The van der Waals surface area contributed by atoms with Crippen molar-refractivity contribution in [1.82, 2.24) is 14.9 Å². The van der Waals surface area contributed by atoms with Gasteiger partial charge >= 0.3 is 0 Å². The van der Waals surface area contributed by atoms with E-state index in [1.54, 1.807) is 6.92 Å². The number of para-hydroxylation sites is 1. The summed E-state index contributed by atoms with van der Waals surface area (Å²) in [6.07, 6.45) is 3.81. The topological polar surface area (TPSA) is 90.5 Å². The number of carbonyl (C=O) groups excluding carboxylic acids is 2. The number of nitrogens with zero attached hydrogens (tertiary/aromatic N) is 4. The molecule has 0 radical (unpaired) electrons. The zero-order valence-corrected chi connectivity index (χ0v) is 21.4. The summed E-state index contributed by atoms with van der Waals surface area (Å²) in [5.41, 5.74) is 5.71. The number of hydrogen-bond donors (Lipinski definition) is 2. The molecule has 1 aliphatic carbocycles. The summed E-state index contributed by atoms with van der Waals surface area (Å²) >= 11 is 0. The molecule has 2 N–H and O–H groups in total. The SMILES string of the molecule is CC(=O)N1CCN(c2cccc(Nc3ncc4cccc(-c5ccc(NC(=O)C6CC6)cc5)c4n3)c2)CC1. The molecule has 0 bridgehead atoms. The summed E-state index contributed by atoms with van der Waals surface area (Å²) < 4.78 is 0. The molecule has 6 rings (SSSR count). The predicted molar refractivity (Wildman–Crippen MR) is 151 cm³/mol. The van der Waals surface area contributed by atoms with Gasteiger partial charge in [-0.2, -0.15) is 0 Å². The Labute approximate surface area is 221 Å². The minimum atomic E-state index is 0.105. The maximum Gasteiger partial charge on any atom is 0.227 e. The van der Waals surface area contributed by atoms with Gasteiger partial charge in [0.2, 0.25) is 17.8 Å². The van der Waals surface area contributed by atoms with E-state index in [0.29, 0.717) is 5.95 Å². The standard InChI is InChI=1S/C30H30N6O2/c1-20(37)35-14-16-36(17-15-35)26-6-3-5-25(18-26)33-30-31-19-23-4-2-7-27(28(23)34-30)21-10-12-24(13-11-21)32-29(38)22-8-9-22/h2-7,10-13,18-19,22H,8-9,14-17H2,1H3,(H,32,38)(H,31,33,34). The number of anilines is 4. The highest BCUT2D eigenvalue weighted by Gasteiger charge is 2.29. The molecule has 0 atom stereocenters. The van der Waals surface area contributed by atoms with E-state index in [-0.39, 0.29) is 17.7 Å². The first-order valence-electron chi connectivity index (χ1n) is 13.1. The maximum atomic E-state index is 12.1. The van der Waals surface area contributed by atoms with Crippen molar-refractivity contribution in [2.24, 2.45) is 5.92 Å². The van der Waals surface area contributed by atoms with E-state index in [1.165, 1.54) is 0 Å². The first-order valence-corrected chi connectivity index (χ1v) is 13.1. The molecule has 38 heavy (non-hydrogen) atoms. The van der Waals surface area contributed by atoms with Gasteiger partial charge in [0.15, 0.2) is 0 Å². The van der Waals surface area contributed by atoms with Crippen LogP contribution >= 0.6 is 0 Å². The molecule has 8 nitrogen and oxygen atoms in total. The molecule has 8 heteroatoms. The molecule has 2 fully saturated rings. The average Bonchev–Trinajstić information content (AvgIpc) is 3.79. The van der Waals surface area contributed by atoms with Crippen LogP contribution < -0.4 is 15.5 Å². The van der Waals surface area contributed by atoms with Gasteiger partial charge in [0.1, 0.15) is 0 Å². The van der Waals surface area contributed by atoms with Gasteiger partial charge in [0.05, 0.1) is 5.52 Å². The summed E-state index contributed by atoms with van der Waals surface area (Å²) in [7, 11) is 0. The number of benzene rings is 3. The fourth-order valence-electron chi connectivity index (χ4n) is 4.86. The quantitative estimate of drug-likeness (QED) is 0.380. The molecule has 2 heterocycles. The molecule has 192 valence electrons. The van der Waals surface area contributed by atoms with E-state index in [4.69, 9.17) is 4.98 Å². The van der Waals surface area contributed by atoms with Crippen LogP contribution in [-0.4, -0.2) is 52.9 Å². The Balaban J connectivity index is 1.21. The first kappa shape index (κ1) is 23.9. The largest absolute Gasteiger partial charge is 0.368 e. The Hall–Kier alpha value is -4.46. The van der Waals surface area contributed by atoms with Crippen molar-refractivity contribution in [3.05, 3.63) is 72.9 Å². The Morgan fingerprint density at radius 1 is 0.895 bits per heavy atom. The molecule has 0 spiro atoms. The number of rotatable bonds is 6. The lowest BCUT2D eigenvalue weighted by Gasteiger charge is -2.35. The normalized spacial score (nSPS) is 15.4. The van der Waals surface area contributed by atoms with Gasteiger partial charge in [-0.25, -0.2) is 9.97 Å². The molecule has 1 saturated heterocycles. The van der Waals surface area contributed by atoms with E-state index in [0.717, 1.165) is 78.1 Å². The van der Waals surface area contributed by atoms with Crippen LogP contribution in [0.3, 0.4) is 0 Å². The third kappa shape index (κ3) is 5.16. The molecule has 4 aromatic rings. The van der Waals surface area contributed by atoms with Crippen LogP contribution in [0.4, 0.5) is 23.0 Å². The number of carbonyl (C=O) groups is 2. The Morgan fingerprint density at radius 3 is 2.39 bits per heavy atom. The third-order valence-corrected chi connectivity index (χ3v) is 7.21. The average molecular weight is 507 g/mol. The molecule has 2 aliphatic rings. The van der Waals surface area contributed by atoms with E-state index in [9.17, 15) is 9.59 Å². The lowest BCUT2D eigenvalue weighted by atomic mass is 10.0. The second-order valence-corrected chi connectivity index (χ2v) is 9.95. The summed E-state index contributed by atoms with van der Waals surface area (Å²) in [5, 5.41) is 7.32. The van der Waals surface area contributed by atoms with Gasteiger partial charge in [-0.05, 0) is 48.7 Å². The van der Waals surface area contributed by atoms with Crippen LogP contribution in [0.2, 0.25) is 0 Å². The molecular weight excluding hydrogens is 476 g/mol. The van der Waals surface area contributed by atoms with Crippen LogP contribution in [-0.2, 0) is 9.59 Å². The van der Waals surface area contributed by atoms with Gasteiger partial charge in [-0.1, -0.05) is 36.4 Å². The highest BCUT2D eigenvalue weighted by Crippen LogP contribution is 2.32. The van der Waals surface area contributed by atoms with Crippen LogP contribution in [0.5, 0.6) is 0 Å². The zero-order chi connectivity index (χ0) is 26.1. The zero-order valence-electron chi connectivity index (χ0n) is 21.4. The van der Waals surface area contributed by atoms with Gasteiger partial charge < -0.3 is 20.4 Å². The fraction of sp³-hybridized carbons (Fsp3) is 0.267. The van der Waals surface area contributed by atoms with Crippen molar-refractivity contribution in [3.63, 3.8) is 0 Å². The Bertz CT molecular complexity index is 1490. The maximum absolute atomic E-state index is 12.1. The van der Waals surface area contributed by atoms with Crippen molar-refractivity contribution < 1.29 is 9.59 Å². The minimum absolute atomic E-state index is 0.105. The van der Waals surface area contributed by atoms with Gasteiger partial charge in [-0.3, -0.25) is 9.59 Å². The summed E-state index contributed by atoms with van der Waals surface area (Å²) in [6, 6.07) is 22.2. The lowest BCUT2D eigenvalue weighted by molar-refractivity contribution is -0.129. The van der Waals surface area contributed by atoms with Gasteiger partial charge in [0.25, 0.3) is 0 Å². The monoisotopic (exact) mass is 506 g/mol. The Morgan fingerprint density at radius 2 is 1.66 bits per heavy atom. The number of aromatic nitrogens is 2. The summed E-state index contributed by atoms with van der Waals surface area (Å²) in [5.74, 6) is 0.933. The van der Waals surface area contributed by atoms with Gasteiger partial charge in [0, 0.05) is 73.2 Å². The minimum Gasteiger partial charge on any atom is -0.368 e. The molecule has 3 aromatic carbocycles. The van der Waals surface area contributed by atoms with Crippen molar-refractivity contribution in [2.45, 2.75) is 19.8 Å². The molecule has 1 saturated carbocycles.